The van der Waals surface area contributed by atoms with E-state index in [4.69, 9.17) is 0 Å². The molecule has 0 radical (unpaired) electrons. The molecule has 2 aliphatic heterocycles. The first-order valence-electron chi connectivity index (χ1n) is 9.79. The molecule has 4 rings (SSSR count). The van der Waals surface area contributed by atoms with E-state index in [0.717, 1.165) is 10.0 Å². The van der Waals surface area contributed by atoms with Crippen molar-refractivity contribution >= 4 is 33.7 Å². The van der Waals surface area contributed by atoms with E-state index in [2.05, 4.69) is 21.2 Å². The first kappa shape index (κ1) is 20.8. The number of nitrogens with zero attached hydrogens (tertiary/aromatic N) is 1. The van der Waals surface area contributed by atoms with Gasteiger partial charge in [-0.3, -0.25) is 19.8 Å². The topological polar surface area (TPSA) is 86.7 Å². The maximum Gasteiger partial charge on any atom is 0.329 e. The number of fused-ring (bicyclic) bond motifs is 1. The van der Waals surface area contributed by atoms with Crippen LogP contribution in [0.2, 0.25) is 0 Å². The van der Waals surface area contributed by atoms with Crippen LogP contribution in [0.5, 0.6) is 0 Å². The minimum absolute atomic E-state index is 0.336. The van der Waals surface area contributed by atoms with Crippen molar-refractivity contribution in [2.75, 3.05) is 0 Å². The van der Waals surface area contributed by atoms with E-state index < -0.39 is 40.8 Å². The molecule has 4 atom stereocenters. The molecule has 0 aromatic heterocycles. The number of benzene rings is 2. The summed E-state index contributed by atoms with van der Waals surface area (Å²) in [6.07, 6.45) is 0. The number of rotatable bonds is 3. The Labute approximate surface area is 183 Å². The number of hydrogen-bond acceptors (Lipinski definition) is 4. The molecule has 0 saturated carbocycles. The zero-order valence-corrected chi connectivity index (χ0v) is 18.5. The molecule has 2 amide bonds. The summed E-state index contributed by atoms with van der Waals surface area (Å²) in [6.45, 7) is 5.37. The maximum absolute atomic E-state index is 13.6. The van der Waals surface area contributed by atoms with Crippen LogP contribution in [0, 0.1) is 11.8 Å². The maximum atomic E-state index is 13.6. The van der Waals surface area contributed by atoms with Crippen LogP contribution < -0.4 is 5.32 Å². The molecule has 2 fully saturated rings. The Hall–Kier alpha value is -2.51. The summed E-state index contributed by atoms with van der Waals surface area (Å²) >= 11 is 3.41. The van der Waals surface area contributed by atoms with Crippen molar-refractivity contribution < 1.29 is 19.5 Å². The lowest BCUT2D eigenvalue weighted by molar-refractivity contribution is -0.154. The number of hydrogen-bond donors (Lipinski definition) is 2. The Morgan fingerprint density at radius 2 is 1.63 bits per heavy atom. The van der Waals surface area contributed by atoms with E-state index in [-0.39, 0.29) is 5.91 Å². The highest BCUT2D eigenvalue weighted by molar-refractivity contribution is 9.10. The van der Waals surface area contributed by atoms with Crippen molar-refractivity contribution in [3.63, 3.8) is 0 Å². The van der Waals surface area contributed by atoms with Gasteiger partial charge >= 0.3 is 5.97 Å². The molecule has 2 aliphatic rings. The van der Waals surface area contributed by atoms with Crippen LogP contribution in [0.15, 0.2) is 59.1 Å². The molecular weight excluding hydrogens is 448 g/mol. The Kier molecular flexibility index (Phi) is 4.86. The number of carboxylic acid groups (broad SMARTS) is 1. The molecule has 2 N–H and O–H groups in total. The first-order chi connectivity index (χ1) is 14.1. The highest BCUT2D eigenvalue weighted by atomic mass is 79.9. The third kappa shape index (κ3) is 2.91. The lowest BCUT2D eigenvalue weighted by Gasteiger charge is -2.35. The van der Waals surface area contributed by atoms with E-state index in [1.165, 1.54) is 4.90 Å². The van der Waals surface area contributed by atoms with E-state index in [0.29, 0.717) is 5.56 Å². The zero-order chi connectivity index (χ0) is 21.8. The van der Waals surface area contributed by atoms with Crippen molar-refractivity contribution in [1.82, 2.24) is 10.2 Å². The molecule has 0 spiro atoms. The van der Waals surface area contributed by atoms with Crippen molar-refractivity contribution in [1.29, 1.82) is 0 Å². The number of carbonyl (C=O) groups excluding carboxylic acids is 2. The second-order valence-corrected chi connectivity index (χ2v) is 9.75. The molecule has 30 heavy (non-hydrogen) atoms. The van der Waals surface area contributed by atoms with Gasteiger partial charge in [-0.25, -0.2) is 4.79 Å². The summed E-state index contributed by atoms with van der Waals surface area (Å²) in [4.78, 5) is 41.1. The van der Waals surface area contributed by atoms with Crippen molar-refractivity contribution in [3.8, 4) is 0 Å². The monoisotopic (exact) mass is 470 g/mol. The summed E-state index contributed by atoms with van der Waals surface area (Å²) in [5, 5.41) is 13.6. The predicted octanol–water partition coefficient (Wildman–Crippen LogP) is 3.47. The minimum Gasteiger partial charge on any atom is -0.480 e. The highest BCUT2D eigenvalue weighted by Gasteiger charge is 2.70. The Morgan fingerprint density at radius 3 is 2.17 bits per heavy atom. The average Bonchev–Trinajstić information content (AvgIpc) is 3.18. The molecule has 156 valence electrons. The standard InChI is InChI=1S/C23H23BrN2O4/c1-22(2,3)26-19(27)16-17(20(26)28)23(21(29)30,14-7-5-4-6-8-14)25-18(16)13-9-11-15(24)12-10-13/h4-12,16-18,25H,1-3H3,(H,29,30). The van der Waals surface area contributed by atoms with Gasteiger partial charge in [0.25, 0.3) is 0 Å². The molecule has 2 aromatic carbocycles. The van der Waals surface area contributed by atoms with E-state index in [1.54, 1.807) is 51.1 Å². The number of imide groups is 1. The minimum atomic E-state index is -1.70. The molecule has 0 aliphatic carbocycles. The van der Waals surface area contributed by atoms with Gasteiger partial charge in [0.2, 0.25) is 11.8 Å². The quantitative estimate of drug-likeness (QED) is 0.670. The van der Waals surface area contributed by atoms with Gasteiger partial charge in [-0.15, -0.1) is 0 Å². The number of carboxylic acids is 1. The fourth-order valence-corrected chi connectivity index (χ4v) is 5.08. The lowest BCUT2D eigenvalue weighted by Crippen LogP contribution is -2.55. The Morgan fingerprint density at radius 1 is 1.03 bits per heavy atom. The molecule has 2 aromatic rings. The predicted molar refractivity (Wildman–Crippen MR) is 114 cm³/mol. The van der Waals surface area contributed by atoms with Gasteiger partial charge < -0.3 is 5.11 Å². The fourth-order valence-electron chi connectivity index (χ4n) is 4.81. The van der Waals surface area contributed by atoms with Gasteiger partial charge in [-0.1, -0.05) is 58.4 Å². The molecular formula is C23H23BrN2O4. The van der Waals surface area contributed by atoms with Crippen LogP contribution in [-0.2, 0) is 19.9 Å². The SMILES string of the molecule is CC(C)(C)N1C(=O)C2C(c3ccc(Br)cc3)NC(C(=O)O)(c3ccccc3)C2C1=O. The molecule has 2 heterocycles. The van der Waals surface area contributed by atoms with Crippen LogP contribution >= 0.6 is 15.9 Å². The average molecular weight is 471 g/mol. The largest absolute Gasteiger partial charge is 0.480 e. The number of amides is 2. The van der Waals surface area contributed by atoms with Crippen LogP contribution in [0.4, 0.5) is 0 Å². The third-order valence-corrected chi connectivity index (χ3v) is 6.55. The van der Waals surface area contributed by atoms with Crippen molar-refractivity contribution in [2.45, 2.75) is 37.9 Å². The smallest absolute Gasteiger partial charge is 0.329 e. The second kappa shape index (κ2) is 7.03. The number of aliphatic carboxylic acids is 1. The normalized spacial score (nSPS) is 28.7. The van der Waals surface area contributed by atoms with Gasteiger partial charge in [0.15, 0.2) is 5.54 Å². The summed E-state index contributed by atoms with van der Waals surface area (Å²) in [5.74, 6) is -3.81. The number of halogens is 1. The van der Waals surface area contributed by atoms with Gasteiger partial charge in [0.05, 0.1) is 11.8 Å². The Bertz CT molecular complexity index is 1020. The van der Waals surface area contributed by atoms with Crippen LogP contribution in [0.1, 0.15) is 37.9 Å². The van der Waals surface area contributed by atoms with Crippen LogP contribution in [0.25, 0.3) is 0 Å². The van der Waals surface area contributed by atoms with E-state index >= 15 is 0 Å². The van der Waals surface area contributed by atoms with Gasteiger partial charge in [0.1, 0.15) is 0 Å². The van der Waals surface area contributed by atoms with E-state index in [1.807, 2.05) is 24.3 Å². The first-order valence-corrected chi connectivity index (χ1v) is 10.6. The Balaban J connectivity index is 1.95. The lowest BCUT2D eigenvalue weighted by atomic mass is 9.75. The number of nitrogens with one attached hydrogen (secondary N) is 1. The van der Waals surface area contributed by atoms with Gasteiger partial charge in [-0.05, 0) is 44.0 Å². The van der Waals surface area contributed by atoms with Crippen molar-refractivity contribution in [3.05, 3.63) is 70.2 Å². The second-order valence-electron chi connectivity index (χ2n) is 8.84. The third-order valence-electron chi connectivity index (χ3n) is 6.03. The number of carbonyl (C=O) groups is 3. The molecule has 2 saturated heterocycles. The molecule has 4 unspecified atom stereocenters. The molecule has 0 bridgehead atoms. The van der Waals surface area contributed by atoms with Gasteiger partial charge in [0, 0.05) is 16.1 Å². The summed E-state index contributed by atoms with van der Waals surface area (Å²) in [5.41, 5.74) is -1.21. The summed E-state index contributed by atoms with van der Waals surface area (Å²) < 4.78 is 0.874. The highest BCUT2D eigenvalue weighted by Crippen LogP contribution is 2.54. The zero-order valence-electron chi connectivity index (χ0n) is 16.9. The molecule has 7 heteroatoms. The summed E-state index contributed by atoms with van der Waals surface area (Å²) in [6, 6.07) is 15.4. The number of likely N-dealkylation sites (tertiary alicyclic amines) is 1. The van der Waals surface area contributed by atoms with Crippen LogP contribution in [0.3, 0.4) is 0 Å². The molecule has 6 nitrogen and oxygen atoms in total. The van der Waals surface area contributed by atoms with E-state index in [9.17, 15) is 19.5 Å². The summed E-state index contributed by atoms with van der Waals surface area (Å²) in [7, 11) is 0. The van der Waals surface area contributed by atoms with Crippen molar-refractivity contribution in [2.24, 2.45) is 11.8 Å². The van der Waals surface area contributed by atoms with Crippen LogP contribution in [-0.4, -0.2) is 33.3 Å². The fraction of sp³-hybridized carbons (Fsp3) is 0.348. The van der Waals surface area contributed by atoms with Gasteiger partial charge in [-0.2, -0.15) is 0 Å².